The van der Waals surface area contributed by atoms with Crippen molar-refractivity contribution < 1.29 is 9.84 Å². The summed E-state index contributed by atoms with van der Waals surface area (Å²) >= 11 is 0. The lowest BCUT2D eigenvalue weighted by Gasteiger charge is -2.22. The molecule has 25 heavy (non-hydrogen) atoms. The van der Waals surface area contributed by atoms with Gasteiger partial charge in [0.15, 0.2) is 0 Å². The van der Waals surface area contributed by atoms with E-state index in [1.165, 1.54) is 18.5 Å². The van der Waals surface area contributed by atoms with Gasteiger partial charge in [-0.05, 0) is 67.6 Å². The molecule has 3 heteroatoms. The minimum Gasteiger partial charge on any atom is -0.508 e. The molecule has 2 aromatic rings. The Morgan fingerprint density at radius 1 is 1.08 bits per heavy atom. The molecular formula is C22H31NO2. The Labute approximate surface area is 152 Å². The van der Waals surface area contributed by atoms with Crippen LogP contribution in [0.1, 0.15) is 56.2 Å². The first-order valence-electron chi connectivity index (χ1n) is 9.16. The lowest BCUT2D eigenvalue weighted by molar-refractivity contribution is 0.452. The molecule has 0 amide bonds. The van der Waals surface area contributed by atoms with Crippen molar-refractivity contribution in [2.24, 2.45) is 0 Å². The molecule has 0 fully saturated rings. The van der Waals surface area contributed by atoms with Crippen molar-refractivity contribution in [2.45, 2.75) is 53.4 Å². The van der Waals surface area contributed by atoms with E-state index in [2.05, 4.69) is 58.7 Å². The van der Waals surface area contributed by atoms with Crippen LogP contribution >= 0.6 is 0 Å². The van der Waals surface area contributed by atoms with Crippen LogP contribution in [0.15, 0.2) is 30.3 Å². The van der Waals surface area contributed by atoms with Gasteiger partial charge in [-0.3, -0.25) is 0 Å². The molecule has 0 saturated carbocycles. The van der Waals surface area contributed by atoms with Crippen LogP contribution in [0.3, 0.4) is 0 Å². The van der Waals surface area contributed by atoms with E-state index in [-0.39, 0.29) is 5.92 Å². The van der Waals surface area contributed by atoms with E-state index in [9.17, 15) is 5.11 Å². The Bertz CT molecular complexity index is 699. The molecule has 0 aliphatic carbocycles. The Kier molecular flexibility index (Phi) is 6.35. The van der Waals surface area contributed by atoms with Crippen molar-refractivity contribution in [3.8, 4) is 17.2 Å². The minimum absolute atomic E-state index is 0.250. The highest BCUT2D eigenvalue weighted by atomic mass is 16.5. The van der Waals surface area contributed by atoms with E-state index in [4.69, 9.17) is 4.74 Å². The van der Waals surface area contributed by atoms with Gasteiger partial charge in [0.05, 0.1) is 0 Å². The fourth-order valence-electron chi connectivity index (χ4n) is 3.01. The van der Waals surface area contributed by atoms with Gasteiger partial charge in [-0.2, -0.15) is 0 Å². The normalized spacial score (nSPS) is 11.0. The monoisotopic (exact) mass is 341 g/mol. The van der Waals surface area contributed by atoms with Crippen LogP contribution in [0.4, 0.5) is 5.69 Å². The third-order valence-corrected chi connectivity index (χ3v) is 4.57. The molecule has 2 rings (SSSR count). The van der Waals surface area contributed by atoms with E-state index in [1.54, 1.807) is 6.07 Å². The van der Waals surface area contributed by atoms with Gasteiger partial charge in [-0.25, -0.2) is 0 Å². The molecule has 0 aliphatic heterocycles. The fraction of sp³-hybridized carbons (Fsp3) is 0.455. The van der Waals surface area contributed by atoms with E-state index < -0.39 is 0 Å². The number of hydrogen-bond donors (Lipinski definition) is 1. The van der Waals surface area contributed by atoms with Gasteiger partial charge < -0.3 is 14.7 Å². The van der Waals surface area contributed by atoms with E-state index in [1.807, 2.05) is 12.1 Å². The van der Waals surface area contributed by atoms with Gasteiger partial charge >= 0.3 is 0 Å². The number of aromatic hydroxyl groups is 1. The Hall–Kier alpha value is -2.16. The second-order valence-corrected chi connectivity index (χ2v) is 7.16. The van der Waals surface area contributed by atoms with E-state index in [0.717, 1.165) is 34.7 Å². The number of phenolic OH excluding ortho intramolecular Hbond substituents is 1. The average Bonchev–Trinajstić information content (AvgIpc) is 2.56. The zero-order valence-corrected chi connectivity index (χ0v) is 16.4. The highest BCUT2D eigenvalue weighted by Crippen LogP contribution is 2.35. The third-order valence-electron chi connectivity index (χ3n) is 4.57. The van der Waals surface area contributed by atoms with Gasteiger partial charge in [0, 0.05) is 24.8 Å². The summed E-state index contributed by atoms with van der Waals surface area (Å²) in [5.74, 6) is 2.23. The van der Waals surface area contributed by atoms with E-state index >= 15 is 0 Å². The van der Waals surface area contributed by atoms with E-state index in [0.29, 0.717) is 5.75 Å². The predicted molar refractivity (Wildman–Crippen MR) is 106 cm³/mol. The number of benzene rings is 2. The molecule has 0 radical (unpaired) electrons. The summed E-state index contributed by atoms with van der Waals surface area (Å²) in [6, 6.07) is 9.83. The van der Waals surface area contributed by atoms with Crippen LogP contribution in [-0.2, 0) is 0 Å². The summed E-state index contributed by atoms with van der Waals surface area (Å²) in [6.07, 6.45) is 2.39. The molecular weight excluding hydrogens is 310 g/mol. The zero-order chi connectivity index (χ0) is 18.6. The first kappa shape index (κ1) is 19.2. The summed E-state index contributed by atoms with van der Waals surface area (Å²) < 4.78 is 6.17. The maximum absolute atomic E-state index is 9.99. The largest absolute Gasteiger partial charge is 0.508 e. The van der Waals surface area contributed by atoms with Gasteiger partial charge in [-0.1, -0.05) is 27.2 Å². The number of ether oxygens (including phenoxy) is 1. The Morgan fingerprint density at radius 3 is 2.28 bits per heavy atom. The van der Waals surface area contributed by atoms with Crippen molar-refractivity contribution in [3.63, 3.8) is 0 Å². The lowest BCUT2D eigenvalue weighted by atomic mass is 10.0. The minimum atomic E-state index is 0.250. The van der Waals surface area contributed by atoms with Crippen LogP contribution in [0, 0.1) is 13.8 Å². The number of hydrogen-bond acceptors (Lipinski definition) is 3. The molecule has 0 bridgehead atoms. The smallest absolute Gasteiger partial charge is 0.133 e. The highest BCUT2D eigenvalue weighted by molar-refractivity contribution is 5.57. The fourth-order valence-corrected chi connectivity index (χ4v) is 3.01. The molecule has 1 N–H and O–H groups in total. The van der Waals surface area contributed by atoms with Crippen LogP contribution in [0.25, 0.3) is 0 Å². The molecule has 136 valence electrons. The maximum Gasteiger partial charge on any atom is 0.133 e. The molecule has 0 heterocycles. The third kappa shape index (κ3) is 4.68. The zero-order valence-electron chi connectivity index (χ0n) is 16.4. The van der Waals surface area contributed by atoms with Gasteiger partial charge in [0.25, 0.3) is 0 Å². The van der Waals surface area contributed by atoms with Crippen LogP contribution in [0.2, 0.25) is 0 Å². The predicted octanol–water partition coefficient (Wildman–Crippen LogP) is 6.16. The number of anilines is 1. The van der Waals surface area contributed by atoms with Crippen molar-refractivity contribution in [2.75, 3.05) is 18.5 Å². The number of rotatable bonds is 7. The quantitative estimate of drug-likeness (QED) is 0.654. The summed E-state index contributed by atoms with van der Waals surface area (Å²) in [5, 5.41) is 9.99. The number of unbranched alkanes of at least 4 members (excludes halogenated alkanes) is 1. The molecule has 0 saturated heterocycles. The summed E-state index contributed by atoms with van der Waals surface area (Å²) in [6.45, 7) is 11.6. The molecule has 2 aromatic carbocycles. The molecule has 3 nitrogen and oxygen atoms in total. The van der Waals surface area contributed by atoms with Gasteiger partial charge in [-0.15, -0.1) is 0 Å². The van der Waals surface area contributed by atoms with Crippen molar-refractivity contribution in [1.82, 2.24) is 0 Å². The molecule has 0 aromatic heterocycles. The first-order chi connectivity index (χ1) is 11.8. The summed E-state index contributed by atoms with van der Waals surface area (Å²) in [7, 11) is 2.14. The molecule has 0 unspecified atom stereocenters. The van der Waals surface area contributed by atoms with Crippen LogP contribution in [-0.4, -0.2) is 18.7 Å². The van der Waals surface area contributed by atoms with Crippen LogP contribution < -0.4 is 9.64 Å². The lowest BCUT2D eigenvalue weighted by Crippen LogP contribution is -2.18. The Morgan fingerprint density at radius 2 is 1.72 bits per heavy atom. The van der Waals surface area contributed by atoms with Crippen molar-refractivity contribution in [1.29, 1.82) is 0 Å². The van der Waals surface area contributed by atoms with Crippen molar-refractivity contribution >= 4 is 5.69 Å². The topological polar surface area (TPSA) is 32.7 Å². The Balaban J connectivity index is 2.27. The average molecular weight is 341 g/mol. The SMILES string of the molecule is CCCCN(C)c1cc(C)c(Oc2ccc(O)c(C(C)C)c2)c(C)c1. The highest BCUT2D eigenvalue weighted by Gasteiger charge is 2.12. The maximum atomic E-state index is 9.99. The van der Waals surface area contributed by atoms with Gasteiger partial charge in [0.1, 0.15) is 17.2 Å². The number of nitrogens with zero attached hydrogens (tertiary/aromatic N) is 1. The molecule has 0 spiro atoms. The number of aryl methyl sites for hydroxylation is 2. The van der Waals surface area contributed by atoms with Crippen molar-refractivity contribution in [3.05, 3.63) is 47.0 Å². The second kappa shape index (κ2) is 8.28. The van der Waals surface area contributed by atoms with Crippen LogP contribution in [0.5, 0.6) is 17.2 Å². The molecule has 0 atom stereocenters. The van der Waals surface area contributed by atoms with Gasteiger partial charge in [0.2, 0.25) is 0 Å². The standard InChI is InChI=1S/C22H31NO2/c1-7-8-11-23(6)18-12-16(4)22(17(5)13-18)25-19-9-10-21(24)20(14-19)15(2)3/h9-10,12-15,24H,7-8,11H2,1-6H3. The first-order valence-corrected chi connectivity index (χ1v) is 9.16. The molecule has 0 aliphatic rings. The number of phenols is 1. The summed E-state index contributed by atoms with van der Waals surface area (Å²) in [4.78, 5) is 2.30. The summed E-state index contributed by atoms with van der Waals surface area (Å²) in [5.41, 5.74) is 4.38. The second-order valence-electron chi connectivity index (χ2n) is 7.16.